The Balaban J connectivity index is 1.76. The lowest BCUT2D eigenvalue weighted by molar-refractivity contribution is -0.130. The van der Waals surface area contributed by atoms with E-state index >= 15 is 0 Å². The highest BCUT2D eigenvalue weighted by atomic mass is 16.5. The van der Waals surface area contributed by atoms with Gasteiger partial charge in [0.1, 0.15) is 18.1 Å². The number of benzene rings is 2. The number of aryl methyl sites for hydroxylation is 3. The fourth-order valence-corrected chi connectivity index (χ4v) is 2.71. The first-order chi connectivity index (χ1) is 12.0. The molecule has 25 heavy (non-hydrogen) atoms. The van der Waals surface area contributed by atoms with Gasteiger partial charge in [0, 0.05) is 13.5 Å². The smallest absolute Gasteiger partial charge is 0.222 e. The van der Waals surface area contributed by atoms with Gasteiger partial charge in [-0.15, -0.1) is 0 Å². The van der Waals surface area contributed by atoms with Gasteiger partial charge in [0.05, 0.1) is 13.7 Å². The van der Waals surface area contributed by atoms with Gasteiger partial charge >= 0.3 is 0 Å². The predicted molar refractivity (Wildman–Crippen MR) is 100 cm³/mol. The van der Waals surface area contributed by atoms with Crippen LogP contribution in [0.5, 0.6) is 11.5 Å². The van der Waals surface area contributed by atoms with Gasteiger partial charge in [0.15, 0.2) is 0 Å². The van der Waals surface area contributed by atoms with E-state index < -0.39 is 0 Å². The summed E-state index contributed by atoms with van der Waals surface area (Å²) < 4.78 is 11.0. The maximum absolute atomic E-state index is 12.3. The largest absolute Gasteiger partial charge is 0.497 e. The maximum Gasteiger partial charge on any atom is 0.222 e. The first-order valence-electron chi connectivity index (χ1n) is 8.56. The molecule has 0 aliphatic carbocycles. The minimum Gasteiger partial charge on any atom is -0.497 e. The van der Waals surface area contributed by atoms with E-state index in [2.05, 4.69) is 6.07 Å². The Labute approximate surface area is 150 Å². The molecule has 0 aromatic heterocycles. The molecule has 0 unspecified atom stereocenters. The van der Waals surface area contributed by atoms with Gasteiger partial charge < -0.3 is 14.4 Å². The summed E-state index contributed by atoms with van der Waals surface area (Å²) in [6.07, 6.45) is 1.19. The third-order valence-electron chi connectivity index (χ3n) is 4.08. The highest BCUT2D eigenvalue weighted by Crippen LogP contribution is 2.16. The van der Waals surface area contributed by atoms with E-state index in [0.717, 1.165) is 17.1 Å². The zero-order chi connectivity index (χ0) is 18.2. The van der Waals surface area contributed by atoms with Crippen LogP contribution < -0.4 is 9.47 Å². The van der Waals surface area contributed by atoms with Gasteiger partial charge in [-0.2, -0.15) is 0 Å². The second-order valence-electron chi connectivity index (χ2n) is 6.34. The monoisotopic (exact) mass is 341 g/mol. The van der Waals surface area contributed by atoms with Gasteiger partial charge in [-0.1, -0.05) is 18.2 Å². The van der Waals surface area contributed by atoms with Crippen molar-refractivity contribution in [3.8, 4) is 11.5 Å². The van der Waals surface area contributed by atoms with Crippen LogP contribution in [0.3, 0.4) is 0 Å². The van der Waals surface area contributed by atoms with Crippen LogP contribution in [-0.2, 0) is 11.2 Å². The molecule has 2 aromatic rings. The van der Waals surface area contributed by atoms with Crippen molar-refractivity contribution in [2.24, 2.45) is 0 Å². The van der Waals surface area contributed by atoms with E-state index in [4.69, 9.17) is 9.47 Å². The van der Waals surface area contributed by atoms with Crippen molar-refractivity contribution >= 4 is 5.91 Å². The number of carbonyl (C=O) groups is 1. The average Bonchev–Trinajstić information content (AvgIpc) is 2.59. The molecule has 0 bridgehead atoms. The molecule has 0 N–H and O–H groups in total. The summed E-state index contributed by atoms with van der Waals surface area (Å²) in [7, 11) is 3.46. The summed E-state index contributed by atoms with van der Waals surface area (Å²) in [6, 6.07) is 14.0. The molecule has 2 aromatic carbocycles. The molecule has 1 amide bonds. The molecule has 4 heteroatoms. The summed E-state index contributed by atoms with van der Waals surface area (Å²) in [5.74, 6) is 1.79. The summed E-state index contributed by atoms with van der Waals surface area (Å²) in [5.41, 5.74) is 3.46. The average molecular weight is 341 g/mol. The number of ether oxygens (including phenoxy) is 2. The molecular weight excluding hydrogens is 314 g/mol. The van der Waals surface area contributed by atoms with Gasteiger partial charge in [0.2, 0.25) is 5.91 Å². The highest BCUT2D eigenvalue weighted by Gasteiger charge is 2.09. The number of hydrogen-bond donors (Lipinski definition) is 0. The molecule has 0 atom stereocenters. The maximum atomic E-state index is 12.3. The SMILES string of the molecule is COc1cccc(CCC(=O)N(C)CCOc2cc(C)cc(C)c2)c1. The Morgan fingerprint density at radius 2 is 1.76 bits per heavy atom. The van der Waals surface area contributed by atoms with Crippen molar-refractivity contribution in [2.75, 3.05) is 27.3 Å². The first-order valence-corrected chi connectivity index (χ1v) is 8.56. The molecule has 0 fully saturated rings. The van der Waals surface area contributed by atoms with E-state index in [-0.39, 0.29) is 5.91 Å². The number of carbonyl (C=O) groups excluding carboxylic acids is 1. The molecule has 134 valence electrons. The highest BCUT2D eigenvalue weighted by molar-refractivity contribution is 5.76. The van der Waals surface area contributed by atoms with E-state index in [0.29, 0.717) is 26.0 Å². The lowest BCUT2D eigenvalue weighted by atomic mass is 10.1. The van der Waals surface area contributed by atoms with Crippen LogP contribution in [0, 0.1) is 13.8 Å². The number of amides is 1. The first kappa shape index (κ1) is 18.8. The van der Waals surface area contributed by atoms with Crippen LogP contribution in [0.25, 0.3) is 0 Å². The molecule has 0 radical (unpaired) electrons. The van der Waals surface area contributed by atoms with Gasteiger partial charge in [0.25, 0.3) is 0 Å². The molecular formula is C21H27NO3. The lowest BCUT2D eigenvalue weighted by Gasteiger charge is -2.18. The van der Waals surface area contributed by atoms with E-state index in [9.17, 15) is 4.79 Å². The van der Waals surface area contributed by atoms with Crippen molar-refractivity contribution in [3.63, 3.8) is 0 Å². The number of rotatable bonds is 8. The third-order valence-corrected chi connectivity index (χ3v) is 4.08. The fourth-order valence-electron chi connectivity index (χ4n) is 2.71. The van der Waals surface area contributed by atoms with Crippen LogP contribution in [0.15, 0.2) is 42.5 Å². The Morgan fingerprint density at radius 3 is 2.44 bits per heavy atom. The Bertz CT molecular complexity index is 692. The van der Waals surface area contributed by atoms with Crippen molar-refractivity contribution in [1.29, 1.82) is 0 Å². The molecule has 0 heterocycles. The quantitative estimate of drug-likeness (QED) is 0.733. The van der Waals surface area contributed by atoms with Crippen LogP contribution in [-0.4, -0.2) is 38.1 Å². The van der Waals surface area contributed by atoms with Crippen LogP contribution in [0.1, 0.15) is 23.1 Å². The Hall–Kier alpha value is -2.49. The van der Waals surface area contributed by atoms with Crippen LogP contribution in [0.4, 0.5) is 0 Å². The summed E-state index contributed by atoms with van der Waals surface area (Å²) in [5, 5.41) is 0. The number of nitrogens with zero attached hydrogens (tertiary/aromatic N) is 1. The van der Waals surface area contributed by atoms with Gasteiger partial charge in [-0.3, -0.25) is 4.79 Å². The normalized spacial score (nSPS) is 10.4. The molecule has 0 saturated carbocycles. The van der Waals surface area contributed by atoms with Gasteiger partial charge in [-0.05, 0) is 61.2 Å². The van der Waals surface area contributed by atoms with Crippen molar-refractivity contribution in [3.05, 3.63) is 59.2 Å². The van der Waals surface area contributed by atoms with Crippen molar-refractivity contribution in [2.45, 2.75) is 26.7 Å². The minimum atomic E-state index is 0.117. The zero-order valence-electron chi connectivity index (χ0n) is 15.5. The second-order valence-corrected chi connectivity index (χ2v) is 6.34. The fraction of sp³-hybridized carbons (Fsp3) is 0.381. The van der Waals surface area contributed by atoms with E-state index in [1.807, 2.05) is 57.3 Å². The molecule has 0 saturated heterocycles. The molecule has 0 spiro atoms. The van der Waals surface area contributed by atoms with Crippen LogP contribution in [0.2, 0.25) is 0 Å². The number of likely N-dealkylation sites (N-methyl/N-ethyl adjacent to an activating group) is 1. The molecule has 4 nitrogen and oxygen atoms in total. The van der Waals surface area contributed by atoms with Crippen LogP contribution >= 0.6 is 0 Å². The van der Waals surface area contributed by atoms with E-state index in [1.54, 1.807) is 12.0 Å². The lowest BCUT2D eigenvalue weighted by Crippen LogP contribution is -2.31. The van der Waals surface area contributed by atoms with Crippen molar-refractivity contribution in [1.82, 2.24) is 4.90 Å². The molecule has 0 aliphatic rings. The third kappa shape index (κ3) is 6.14. The Kier molecular flexibility index (Phi) is 6.87. The molecule has 0 aliphatic heterocycles. The standard InChI is InChI=1S/C21H27NO3/c1-16-12-17(2)14-20(13-16)25-11-10-22(3)21(23)9-8-18-6-5-7-19(15-18)24-4/h5-7,12-15H,8-11H2,1-4H3. The predicted octanol–water partition coefficient (Wildman–Crippen LogP) is 3.78. The summed E-state index contributed by atoms with van der Waals surface area (Å²) in [4.78, 5) is 14.0. The second kappa shape index (κ2) is 9.11. The summed E-state index contributed by atoms with van der Waals surface area (Å²) in [6.45, 7) is 5.16. The number of hydrogen-bond acceptors (Lipinski definition) is 3. The van der Waals surface area contributed by atoms with Gasteiger partial charge in [-0.25, -0.2) is 0 Å². The zero-order valence-corrected chi connectivity index (χ0v) is 15.5. The number of methoxy groups -OCH3 is 1. The van der Waals surface area contributed by atoms with E-state index in [1.165, 1.54) is 11.1 Å². The minimum absolute atomic E-state index is 0.117. The van der Waals surface area contributed by atoms with Crippen molar-refractivity contribution < 1.29 is 14.3 Å². The molecule has 2 rings (SSSR count). The Morgan fingerprint density at radius 1 is 1.04 bits per heavy atom. The topological polar surface area (TPSA) is 38.8 Å². The summed E-state index contributed by atoms with van der Waals surface area (Å²) >= 11 is 0.